The standard InChI is InChI=1S/C12H21NOS/c1-9(13-8-12(3,4)14)7-11-6-5-10(2)15-11/h5-6,9,13-14H,7-8H2,1-4H3. The third-order valence-corrected chi connectivity index (χ3v) is 3.21. The first-order valence-corrected chi connectivity index (χ1v) is 6.19. The fourth-order valence-electron chi connectivity index (χ4n) is 1.39. The summed E-state index contributed by atoms with van der Waals surface area (Å²) in [4.78, 5) is 2.77. The van der Waals surface area contributed by atoms with Crippen LogP contribution in [0.4, 0.5) is 0 Å². The van der Waals surface area contributed by atoms with Gasteiger partial charge in [-0.25, -0.2) is 0 Å². The van der Waals surface area contributed by atoms with Gasteiger partial charge in [-0.05, 0) is 46.2 Å². The highest BCUT2D eigenvalue weighted by molar-refractivity contribution is 7.11. The lowest BCUT2D eigenvalue weighted by atomic mass is 10.1. The Labute approximate surface area is 96.3 Å². The fraction of sp³-hybridized carbons (Fsp3) is 0.667. The Kier molecular flexibility index (Phi) is 4.32. The molecule has 1 rings (SSSR count). The molecule has 0 saturated carbocycles. The second kappa shape index (κ2) is 5.10. The molecule has 86 valence electrons. The molecule has 0 amide bonds. The second-order valence-electron chi connectivity index (χ2n) is 4.81. The molecule has 0 aliphatic rings. The summed E-state index contributed by atoms with van der Waals surface area (Å²) in [6, 6.07) is 4.75. The predicted molar refractivity (Wildman–Crippen MR) is 66.5 cm³/mol. The van der Waals surface area contributed by atoms with Crippen molar-refractivity contribution in [2.24, 2.45) is 0 Å². The molecule has 1 aromatic rings. The third-order valence-electron chi connectivity index (χ3n) is 2.19. The highest BCUT2D eigenvalue weighted by Gasteiger charge is 2.13. The molecule has 2 N–H and O–H groups in total. The van der Waals surface area contributed by atoms with E-state index in [9.17, 15) is 5.11 Å². The van der Waals surface area contributed by atoms with E-state index in [0.717, 1.165) is 6.42 Å². The zero-order valence-electron chi connectivity index (χ0n) is 10.0. The lowest BCUT2D eigenvalue weighted by molar-refractivity contribution is 0.0770. The molecule has 1 atom stereocenters. The van der Waals surface area contributed by atoms with E-state index in [2.05, 4.69) is 31.3 Å². The number of nitrogens with one attached hydrogen (secondary N) is 1. The topological polar surface area (TPSA) is 32.3 Å². The minimum Gasteiger partial charge on any atom is -0.389 e. The summed E-state index contributed by atoms with van der Waals surface area (Å²) in [7, 11) is 0. The van der Waals surface area contributed by atoms with Crippen LogP contribution in [0.15, 0.2) is 12.1 Å². The zero-order chi connectivity index (χ0) is 11.5. The molecule has 0 fully saturated rings. The molecule has 0 radical (unpaired) electrons. The zero-order valence-corrected chi connectivity index (χ0v) is 10.8. The first-order valence-electron chi connectivity index (χ1n) is 5.38. The maximum absolute atomic E-state index is 9.58. The lowest BCUT2D eigenvalue weighted by Crippen LogP contribution is -2.40. The van der Waals surface area contributed by atoms with Gasteiger partial charge in [0.2, 0.25) is 0 Å². The summed E-state index contributed by atoms with van der Waals surface area (Å²) < 4.78 is 0. The molecule has 1 heterocycles. The van der Waals surface area contributed by atoms with Crippen LogP contribution >= 0.6 is 11.3 Å². The van der Waals surface area contributed by atoms with E-state index >= 15 is 0 Å². The molecule has 0 aliphatic carbocycles. The normalized spacial score (nSPS) is 14.2. The van der Waals surface area contributed by atoms with E-state index in [1.54, 1.807) is 0 Å². The van der Waals surface area contributed by atoms with Crippen LogP contribution in [0.5, 0.6) is 0 Å². The summed E-state index contributed by atoms with van der Waals surface area (Å²) in [6.07, 6.45) is 1.04. The van der Waals surface area contributed by atoms with E-state index in [4.69, 9.17) is 0 Å². The number of aryl methyl sites for hydroxylation is 1. The Morgan fingerprint density at radius 2 is 2.13 bits per heavy atom. The van der Waals surface area contributed by atoms with Crippen molar-refractivity contribution >= 4 is 11.3 Å². The number of hydrogen-bond donors (Lipinski definition) is 2. The first-order chi connectivity index (χ1) is 6.87. The van der Waals surface area contributed by atoms with Crippen molar-refractivity contribution in [1.29, 1.82) is 0 Å². The van der Waals surface area contributed by atoms with Gasteiger partial charge < -0.3 is 10.4 Å². The van der Waals surface area contributed by atoms with Gasteiger partial charge in [0.05, 0.1) is 5.60 Å². The molecule has 15 heavy (non-hydrogen) atoms. The molecule has 0 aromatic carbocycles. The molecular formula is C12H21NOS. The van der Waals surface area contributed by atoms with Gasteiger partial charge in [-0.1, -0.05) is 0 Å². The smallest absolute Gasteiger partial charge is 0.0715 e. The molecule has 3 heteroatoms. The van der Waals surface area contributed by atoms with Crippen LogP contribution in [0.1, 0.15) is 30.5 Å². The molecule has 0 aliphatic heterocycles. The minimum absolute atomic E-state index is 0.412. The van der Waals surface area contributed by atoms with Gasteiger partial charge in [-0.3, -0.25) is 0 Å². The number of thiophene rings is 1. The van der Waals surface area contributed by atoms with Crippen molar-refractivity contribution in [1.82, 2.24) is 5.32 Å². The summed E-state index contributed by atoms with van der Waals surface area (Å²) in [6.45, 7) is 8.56. The molecule has 2 nitrogen and oxygen atoms in total. The number of rotatable bonds is 5. The van der Waals surface area contributed by atoms with E-state index < -0.39 is 5.60 Å². The van der Waals surface area contributed by atoms with E-state index in [-0.39, 0.29) is 0 Å². The molecule has 1 aromatic heterocycles. The van der Waals surface area contributed by atoms with Gasteiger partial charge in [0, 0.05) is 22.3 Å². The quantitative estimate of drug-likeness (QED) is 0.809. The largest absolute Gasteiger partial charge is 0.389 e. The maximum atomic E-state index is 9.58. The lowest BCUT2D eigenvalue weighted by Gasteiger charge is -2.21. The van der Waals surface area contributed by atoms with Gasteiger partial charge in [0.1, 0.15) is 0 Å². The van der Waals surface area contributed by atoms with Crippen molar-refractivity contribution in [2.75, 3.05) is 6.54 Å². The van der Waals surface area contributed by atoms with Crippen molar-refractivity contribution in [3.8, 4) is 0 Å². The highest BCUT2D eigenvalue weighted by atomic mass is 32.1. The van der Waals surface area contributed by atoms with E-state index in [0.29, 0.717) is 12.6 Å². The van der Waals surface area contributed by atoms with E-state index in [1.165, 1.54) is 9.75 Å². The van der Waals surface area contributed by atoms with Crippen LogP contribution in [0.25, 0.3) is 0 Å². The Bertz CT molecular complexity index is 301. The number of hydrogen-bond acceptors (Lipinski definition) is 3. The molecule has 0 saturated heterocycles. The van der Waals surface area contributed by atoms with Gasteiger partial charge in [0.25, 0.3) is 0 Å². The summed E-state index contributed by atoms with van der Waals surface area (Å²) in [5.74, 6) is 0. The SMILES string of the molecule is Cc1ccc(CC(C)NCC(C)(C)O)s1. The Balaban J connectivity index is 2.33. The average Bonchev–Trinajstić information content (AvgIpc) is 2.47. The van der Waals surface area contributed by atoms with Crippen molar-refractivity contribution < 1.29 is 5.11 Å². The third kappa shape index (κ3) is 5.30. The summed E-state index contributed by atoms with van der Waals surface area (Å²) in [5, 5.41) is 12.9. The minimum atomic E-state index is -0.625. The van der Waals surface area contributed by atoms with Crippen LogP contribution < -0.4 is 5.32 Å². The van der Waals surface area contributed by atoms with Gasteiger partial charge in [-0.2, -0.15) is 0 Å². The van der Waals surface area contributed by atoms with Crippen molar-refractivity contribution in [2.45, 2.75) is 45.8 Å². The van der Waals surface area contributed by atoms with Crippen LogP contribution in [0, 0.1) is 6.92 Å². The van der Waals surface area contributed by atoms with E-state index in [1.807, 2.05) is 25.2 Å². The van der Waals surface area contributed by atoms with Gasteiger partial charge in [0.15, 0.2) is 0 Å². The Hall–Kier alpha value is -0.380. The molecular weight excluding hydrogens is 206 g/mol. The molecule has 0 bridgehead atoms. The van der Waals surface area contributed by atoms with Crippen LogP contribution in [-0.2, 0) is 6.42 Å². The predicted octanol–water partition coefficient (Wildman–Crippen LogP) is 2.35. The Morgan fingerprint density at radius 1 is 1.47 bits per heavy atom. The average molecular weight is 227 g/mol. The summed E-state index contributed by atoms with van der Waals surface area (Å²) >= 11 is 1.85. The van der Waals surface area contributed by atoms with Crippen LogP contribution in [0.3, 0.4) is 0 Å². The van der Waals surface area contributed by atoms with Gasteiger partial charge in [-0.15, -0.1) is 11.3 Å². The van der Waals surface area contributed by atoms with Crippen molar-refractivity contribution in [3.05, 3.63) is 21.9 Å². The fourth-order valence-corrected chi connectivity index (χ4v) is 2.41. The second-order valence-corrected chi connectivity index (χ2v) is 6.18. The molecule has 1 unspecified atom stereocenters. The van der Waals surface area contributed by atoms with Crippen molar-refractivity contribution in [3.63, 3.8) is 0 Å². The number of aliphatic hydroxyl groups is 1. The molecule has 0 spiro atoms. The highest BCUT2D eigenvalue weighted by Crippen LogP contribution is 2.16. The summed E-state index contributed by atoms with van der Waals surface area (Å²) in [5.41, 5.74) is -0.625. The Morgan fingerprint density at radius 3 is 2.60 bits per heavy atom. The van der Waals surface area contributed by atoms with Gasteiger partial charge >= 0.3 is 0 Å². The first kappa shape index (κ1) is 12.7. The monoisotopic (exact) mass is 227 g/mol. The maximum Gasteiger partial charge on any atom is 0.0715 e. The van der Waals surface area contributed by atoms with Crippen LogP contribution in [0.2, 0.25) is 0 Å². The van der Waals surface area contributed by atoms with Crippen LogP contribution in [-0.4, -0.2) is 23.3 Å².